The predicted molar refractivity (Wildman–Crippen MR) is 130 cm³/mol. The van der Waals surface area contributed by atoms with Crippen LogP contribution in [-0.2, 0) is 20.7 Å². The fourth-order valence-corrected chi connectivity index (χ4v) is 5.05. The van der Waals surface area contributed by atoms with Gasteiger partial charge in [0, 0.05) is 25.1 Å². The Bertz CT molecular complexity index is 1180. The largest absolute Gasteiger partial charge is 0.507 e. The van der Waals surface area contributed by atoms with Crippen LogP contribution in [-0.4, -0.2) is 53.7 Å². The second-order valence-corrected chi connectivity index (χ2v) is 9.21. The summed E-state index contributed by atoms with van der Waals surface area (Å²) < 4.78 is 17.1. The van der Waals surface area contributed by atoms with Gasteiger partial charge in [-0.1, -0.05) is 24.8 Å². The number of nitrogens with zero attached hydrogens (tertiary/aromatic N) is 1. The molecule has 0 saturated carbocycles. The lowest BCUT2D eigenvalue weighted by molar-refractivity contribution is -0.140. The molecule has 0 radical (unpaired) electrons. The summed E-state index contributed by atoms with van der Waals surface area (Å²) >= 11 is 0. The molecule has 3 aliphatic heterocycles. The zero-order valence-electron chi connectivity index (χ0n) is 19.7. The molecule has 0 aliphatic carbocycles. The van der Waals surface area contributed by atoms with Crippen LogP contribution in [0.4, 0.5) is 0 Å². The Kier molecular flexibility index (Phi) is 6.34. The third kappa shape index (κ3) is 4.44. The number of ether oxygens (including phenoxy) is 3. The molecule has 1 amide bonds. The highest BCUT2D eigenvalue weighted by Crippen LogP contribution is 2.41. The molecule has 3 atom stereocenters. The lowest BCUT2D eigenvalue weighted by Gasteiger charge is -2.27. The molecule has 3 aliphatic rings. The van der Waals surface area contributed by atoms with Gasteiger partial charge in [0.25, 0.3) is 11.7 Å². The van der Waals surface area contributed by atoms with E-state index in [1.54, 1.807) is 30.3 Å². The molecule has 5 rings (SSSR count). The van der Waals surface area contributed by atoms with E-state index in [0.29, 0.717) is 30.1 Å². The van der Waals surface area contributed by atoms with E-state index in [0.717, 1.165) is 30.6 Å². The molecule has 3 heterocycles. The van der Waals surface area contributed by atoms with Crippen molar-refractivity contribution in [3.63, 3.8) is 0 Å². The quantitative estimate of drug-likeness (QED) is 0.280. The molecule has 7 nitrogen and oxygen atoms in total. The maximum atomic E-state index is 13.3. The summed E-state index contributed by atoms with van der Waals surface area (Å²) in [4.78, 5) is 28.0. The van der Waals surface area contributed by atoms with Gasteiger partial charge >= 0.3 is 0 Å². The Morgan fingerprint density at radius 2 is 2.03 bits per heavy atom. The number of carbonyl (C=O) groups excluding carboxylic acids is 2. The maximum Gasteiger partial charge on any atom is 0.295 e. The summed E-state index contributed by atoms with van der Waals surface area (Å²) in [6.45, 7) is 6.94. The number of benzene rings is 2. The average molecular weight is 476 g/mol. The number of hydrogen-bond acceptors (Lipinski definition) is 6. The van der Waals surface area contributed by atoms with Crippen molar-refractivity contribution in [3.8, 4) is 11.5 Å². The number of rotatable bonds is 7. The van der Waals surface area contributed by atoms with Crippen LogP contribution in [0.25, 0.3) is 5.76 Å². The number of aliphatic hydroxyl groups is 1. The molecule has 1 N–H and O–H groups in total. The molecular weight excluding hydrogens is 446 g/mol. The lowest BCUT2D eigenvalue weighted by atomic mass is 9.94. The van der Waals surface area contributed by atoms with E-state index in [4.69, 9.17) is 14.2 Å². The predicted octanol–water partition coefficient (Wildman–Crippen LogP) is 4.18. The fraction of sp³-hybridized carbons (Fsp3) is 0.357. The highest BCUT2D eigenvalue weighted by Gasteiger charge is 2.47. The summed E-state index contributed by atoms with van der Waals surface area (Å²) in [6, 6.07) is 11.9. The third-order valence-electron chi connectivity index (χ3n) is 6.70. The van der Waals surface area contributed by atoms with Gasteiger partial charge in [-0.3, -0.25) is 9.59 Å². The highest BCUT2D eigenvalue weighted by molar-refractivity contribution is 6.46. The lowest BCUT2D eigenvalue weighted by Crippen LogP contribution is -2.36. The number of ketones is 1. The van der Waals surface area contributed by atoms with Crippen LogP contribution in [0.2, 0.25) is 0 Å². The van der Waals surface area contributed by atoms with E-state index < -0.39 is 17.7 Å². The van der Waals surface area contributed by atoms with Gasteiger partial charge in [0.1, 0.15) is 30.0 Å². The minimum absolute atomic E-state index is 0.0567. The Labute approximate surface area is 204 Å². The first-order valence-corrected chi connectivity index (χ1v) is 12.0. The van der Waals surface area contributed by atoms with Crippen molar-refractivity contribution in [1.29, 1.82) is 0 Å². The van der Waals surface area contributed by atoms with E-state index in [1.165, 1.54) is 4.90 Å². The summed E-state index contributed by atoms with van der Waals surface area (Å²) in [5.41, 5.74) is 2.26. The van der Waals surface area contributed by atoms with E-state index in [2.05, 4.69) is 6.58 Å². The van der Waals surface area contributed by atoms with E-state index in [-0.39, 0.29) is 30.1 Å². The van der Waals surface area contributed by atoms with Crippen LogP contribution in [0, 0.1) is 0 Å². The summed E-state index contributed by atoms with van der Waals surface area (Å²) in [6.07, 6.45) is 4.05. The summed E-state index contributed by atoms with van der Waals surface area (Å²) in [5.74, 6) is -0.0747. The van der Waals surface area contributed by atoms with Crippen LogP contribution in [0.3, 0.4) is 0 Å². The Hall–Kier alpha value is -3.58. The van der Waals surface area contributed by atoms with Gasteiger partial charge in [0.05, 0.1) is 17.7 Å². The van der Waals surface area contributed by atoms with E-state index >= 15 is 0 Å². The van der Waals surface area contributed by atoms with Crippen molar-refractivity contribution in [3.05, 3.63) is 77.4 Å². The number of amides is 1. The standard InChI is InChI=1S/C28H29NO6/c1-3-12-33-21-9-6-18(7-10-21)25-24(27(31)28(32)29(25)16-22-5-4-13-34-22)26(30)19-8-11-23-20(15-19)14-17(2)35-23/h3,6-11,15,17,22,25,30H,1,4-5,12-14,16H2,2H3. The molecule has 2 aromatic carbocycles. The normalized spacial score (nSPS) is 24.9. The highest BCUT2D eigenvalue weighted by atomic mass is 16.5. The van der Waals surface area contributed by atoms with E-state index in [9.17, 15) is 14.7 Å². The zero-order valence-corrected chi connectivity index (χ0v) is 19.7. The van der Waals surface area contributed by atoms with Gasteiger partial charge < -0.3 is 24.2 Å². The van der Waals surface area contributed by atoms with Gasteiger partial charge in [-0.05, 0) is 61.2 Å². The smallest absolute Gasteiger partial charge is 0.295 e. The molecule has 0 aromatic heterocycles. The molecule has 2 aromatic rings. The van der Waals surface area contributed by atoms with Gasteiger partial charge in [0.2, 0.25) is 0 Å². The van der Waals surface area contributed by atoms with Crippen molar-refractivity contribution in [2.75, 3.05) is 19.8 Å². The SMILES string of the molecule is C=CCOc1ccc(C2C(=C(O)c3ccc4c(c3)CC(C)O4)C(=O)C(=O)N2CC2CCCO2)cc1. The molecule has 2 fully saturated rings. The van der Waals surface area contributed by atoms with Gasteiger partial charge in [0.15, 0.2) is 0 Å². The second-order valence-electron chi connectivity index (χ2n) is 9.21. The maximum absolute atomic E-state index is 13.3. The number of aliphatic hydroxyl groups excluding tert-OH is 1. The van der Waals surface area contributed by atoms with Crippen LogP contribution < -0.4 is 9.47 Å². The zero-order chi connectivity index (χ0) is 24.5. The van der Waals surface area contributed by atoms with Crippen LogP contribution in [0.5, 0.6) is 11.5 Å². The molecule has 7 heteroatoms. The molecule has 182 valence electrons. The number of hydrogen-bond donors (Lipinski definition) is 1. The minimum Gasteiger partial charge on any atom is -0.507 e. The van der Waals surface area contributed by atoms with Crippen LogP contribution in [0.15, 0.2) is 60.7 Å². The molecule has 2 saturated heterocycles. The second kappa shape index (κ2) is 9.58. The van der Waals surface area contributed by atoms with Gasteiger partial charge in [-0.2, -0.15) is 0 Å². The fourth-order valence-electron chi connectivity index (χ4n) is 5.05. The van der Waals surface area contributed by atoms with Crippen LogP contribution >= 0.6 is 0 Å². The molecule has 0 spiro atoms. The molecule has 3 unspecified atom stereocenters. The monoisotopic (exact) mass is 475 g/mol. The first kappa shape index (κ1) is 23.2. The number of fused-ring (bicyclic) bond motifs is 1. The van der Waals surface area contributed by atoms with E-state index in [1.807, 2.05) is 25.1 Å². The summed E-state index contributed by atoms with van der Waals surface area (Å²) in [7, 11) is 0. The van der Waals surface area contributed by atoms with Crippen molar-refractivity contribution < 1.29 is 28.9 Å². The number of Topliss-reactive ketones (excluding diaryl/α,β-unsaturated/α-hetero) is 1. The third-order valence-corrected chi connectivity index (χ3v) is 6.70. The molecule has 35 heavy (non-hydrogen) atoms. The Balaban J connectivity index is 1.56. The van der Waals surface area contributed by atoms with Crippen molar-refractivity contribution in [1.82, 2.24) is 4.90 Å². The van der Waals surface area contributed by atoms with Crippen LogP contribution in [0.1, 0.15) is 42.5 Å². The molecular formula is C28H29NO6. The first-order valence-electron chi connectivity index (χ1n) is 12.0. The van der Waals surface area contributed by atoms with Crippen molar-refractivity contribution >= 4 is 17.4 Å². The Morgan fingerprint density at radius 1 is 1.23 bits per heavy atom. The van der Waals surface area contributed by atoms with Crippen molar-refractivity contribution in [2.45, 2.75) is 44.4 Å². The Morgan fingerprint density at radius 3 is 2.74 bits per heavy atom. The topological polar surface area (TPSA) is 85.3 Å². The van der Waals surface area contributed by atoms with Gasteiger partial charge in [-0.15, -0.1) is 0 Å². The van der Waals surface area contributed by atoms with Crippen molar-refractivity contribution in [2.24, 2.45) is 0 Å². The number of carbonyl (C=O) groups is 2. The first-order chi connectivity index (χ1) is 17.0. The molecule has 0 bridgehead atoms. The minimum atomic E-state index is -0.726. The number of likely N-dealkylation sites (tertiary alicyclic amines) is 1. The van der Waals surface area contributed by atoms with Gasteiger partial charge in [-0.25, -0.2) is 0 Å². The summed E-state index contributed by atoms with van der Waals surface area (Å²) in [5, 5.41) is 11.4. The average Bonchev–Trinajstić information content (AvgIpc) is 3.57.